The van der Waals surface area contributed by atoms with Gasteiger partial charge in [-0.3, -0.25) is 0 Å². The van der Waals surface area contributed by atoms with Crippen LogP contribution in [0.25, 0.3) is 0 Å². The van der Waals surface area contributed by atoms with Crippen LogP contribution < -0.4 is 14.8 Å². The molecule has 5 nitrogen and oxygen atoms in total. The van der Waals surface area contributed by atoms with Crippen molar-refractivity contribution in [3.8, 4) is 11.5 Å². The van der Waals surface area contributed by atoms with Crippen molar-refractivity contribution in [1.29, 1.82) is 0 Å². The third kappa shape index (κ3) is 5.04. The lowest BCUT2D eigenvalue weighted by Crippen LogP contribution is -2.07. The molecule has 0 unspecified atom stereocenters. The Morgan fingerprint density at radius 2 is 1.86 bits per heavy atom. The number of para-hydroxylation sites is 1. The summed E-state index contributed by atoms with van der Waals surface area (Å²) in [7, 11) is 1.57. The number of carboxylic acids is 1. The monoisotopic (exact) mass is 395 g/mol. The Labute approximate surface area is 168 Å². The van der Waals surface area contributed by atoms with Crippen LogP contribution in [-0.2, 0) is 13.2 Å². The first-order chi connectivity index (χ1) is 14.0. The molecule has 0 bridgehead atoms. The summed E-state index contributed by atoms with van der Waals surface area (Å²) >= 11 is 0. The lowest BCUT2D eigenvalue weighted by molar-refractivity contribution is 0.0697. The van der Waals surface area contributed by atoms with Crippen molar-refractivity contribution in [2.45, 2.75) is 20.1 Å². The quantitative estimate of drug-likeness (QED) is 0.560. The molecule has 0 spiro atoms. The Balaban J connectivity index is 1.79. The van der Waals surface area contributed by atoms with Crippen LogP contribution in [0.1, 0.15) is 27.0 Å². The fourth-order valence-corrected chi connectivity index (χ4v) is 2.90. The second-order valence-corrected chi connectivity index (χ2v) is 6.55. The van der Waals surface area contributed by atoms with E-state index in [1.807, 2.05) is 19.1 Å². The van der Waals surface area contributed by atoms with Crippen molar-refractivity contribution in [3.63, 3.8) is 0 Å². The van der Waals surface area contributed by atoms with Crippen LogP contribution in [0.15, 0.2) is 60.7 Å². The molecular weight excluding hydrogens is 373 g/mol. The van der Waals surface area contributed by atoms with Crippen molar-refractivity contribution in [3.05, 3.63) is 88.7 Å². The fraction of sp³-hybridized carbons (Fsp3) is 0.174. The van der Waals surface area contributed by atoms with E-state index in [1.165, 1.54) is 12.1 Å². The van der Waals surface area contributed by atoms with E-state index in [4.69, 9.17) is 9.47 Å². The number of methoxy groups -OCH3 is 1. The van der Waals surface area contributed by atoms with E-state index in [0.717, 1.165) is 22.4 Å². The summed E-state index contributed by atoms with van der Waals surface area (Å²) in [6, 6.07) is 16.6. The van der Waals surface area contributed by atoms with Gasteiger partial charge < -0.3 is 19.9 Å². The highest BCUT2D eigenvalue weighted by atomic mass is 19.1. The summed E-state index contributed by atoms with van der Waals surface area (Å²) in [4.78, 5) is 11.2. The highest BCUT2D eigenvalue weighted by Crippen LogP contribution is 2.32. The first-order valence-electron chi connectivity index (χ1n) is 9.09. The normalized spacial score (nSPS) is 10.4. The number of hydrogen-bond acceptors (Lipinski definition) is 4. The Bertz CT molecular complexity index is 1000. The molecule has 0 saturated carbocycles. The smallest absolute Gasteiger partial charge is 0.335 e. The van der Waals surface area contributed by atoms with Crippen LogP contribution >= 0.6 is 0 Å². The molecule has 0 heterocycles. The molecule has 0 aliphatic rings. The maximum Gasteiger partial charge on any atom is 0.335 e. The van der Waals surface area contributed by atoms with Gasteiger partial charge in [0.05, 0.1) is 12.7 Å². The largest absolute Gasteiger partial charge is 0.493 e. The van der Waals surface area contributed by atoms with Gasteiger partial charge in [-0.05, 0) is 48.4 Å². The molecular formula is C23H22FNO4. The number of benzene rings is 3. The number of aromatic carboxylic acids is 1. The molecule has 0 fully saturated rings. The summed E-state index contributed by atoms with van der Waals surface area (Å²) in [6.45, 7) is 2.59. The number of carboxylic acid groups (broad SMARTS) is 1. The molecule has 0 saturated heterocycles. The topological polar surface area (TPSA) is 67.8 Å². The number of nitrogens with one attached hydrogen (secondary N) is 1. The van der Waals surface area contributed by atoms with Crippen LogP contribution in [0.5, 0.6) is 11.5 Å². The minimum atomic E-state index is -0.974. The number of halogens is 1. The minimum absolute atomic E-state index is 0.219. The molecule has 0 amide bonds. The highest BCUT2D eigenvalue weighted by molar-refractivity contribution is 5.89. The van der Waals surface area contributed by atoms with E-state index in [2.05, 4.69) is 5.32 Å². The molecule has 150 valence electrons. The summed E-state index contributed by atoms with van der Waals surface area (Å²) in [6.07, 6.45) is 0. The van der Waals surface area contributed by atoms with Crippen LogP contribution in [-0.4, -0.2) is 18.2 Å². The zero-order valence-electron chi connectivity index (χ0n) is 16.2. The van der Waals surface area contributed by atoms with Gasteiger partial charge in [-0.2, -0.15) is 0 Å². The zero-order valence-corrected chi connectivity index (χ0v) is 16.2. The molecule has 0 aliphatic heterocycles. The lowest BCUT2D eigenvalue weighted by atomic mass is 10.1. The van der Waals surface area contributed by atoms with Crippen LogP contribution in [0.2, 0.25) is 0 Å². The Morgan fingerprint density at radius 3 is 2.55 bits per heavy atom. The van der Waals surface area contributed by atoms with Gasteiger partial charge in [0.1, 0.15) is 12.4 Å². The average molecular weight is 395 g/mol. The van der Waals surface area contributed by atoms with Crippen molar-refractivity contribution < 1.29 is 23.8 Å². The third-order valence-corrected chi connectivity index (χ3v) is 4.53. The van der Waals surface area contributed by atoms with Gasteiger partial charge in [-0.1, -0.05) is 30.3 Å². The standard InChI is InChI=1S/C23H22FNO4/c1-15-6-9-17(23(26)27)12-20(15)25-13-18-4-3-5-21(28-2)22(18)29-14-16-7-10-19(24)11-8-16/h3-12,25H,13-14H2,1-2H3,(H,26,27). The predicted molar refractivity (Wildman–Crippen MR) is 109 cm³/mol. The Kier molecular flexibility index (Phi) is 6.34. The van der Waals surface area contributed by atoms with Gasteiger partial charge >= 0.3 is 5.97 Å². The summed E-state index contributed by atoms with van der Waals surface area (Å²) in [5.74, 6) is -0.103. The first-order valence-corrected chi connectivity index (χ1v) is 9.09. The van der Waals surface area contributed by atoms with Gasteiger partial charge in [0, 0.05) is 17.8 Å². The van der Waals surface area contributed by atoms with E-state index < -0.39 is 5.97 Å². The molecule has 0 radical (unpaired) electrons. The number of ether oxygens (including phenoxy) is 2. The SMILES string of the molecule is COc1cccc(CNc2cc(C(=O)O)ccc2C)c1OCc1ccc(F)cc1. The van der Waals surface area contributed by atoms with Crippen LogP contribution in [0.3, 0.4) is 0 Å². The molecule has 0 aromatic heterocycles. The second kappa shape index (κ2) is 9.10. The van der Waals surface area contributed by atoms with Gasteiger partial charge in [-0.25, -0.2) is 9.18 Å². The molecule has 3 rings (SSSR count). The van der Waals surface area contributed by atoms with Crippen molar-refractivity contribution in [2.24, 2.45) is 0 Å². The highest BCUT2D eigenvalue weighted by Gasteiger charge is 2.12. The molecule has 3 aromatic rings. The maximum atomic E-state index is 13.1. The van der Waals surface area contributed by atoms with Crippen molar-refractivity contribution in [2.75, 3.05) is 12.4 Å². The van der Waals surface area contributed by atoms with E-state index in [-0.39, 0.29) is 18.0 Å². The van der Waals surface area contributed by atoms with Crippen LogP contribution in [0, 0.1) is 12.7 Å². The van der Waals surface area contributed by atoms with Crippen molar-refractivity contribution >= 4 is 11.7 Å². The Hall–Kier alpha value is -3.54. The maximum absolute atomic E-state index is 13.1. The van der Waals surface area contributed by atoms with Crippen LogP contribution in [0.4, 0.5) is 10.1 Å². The van der Waals surface area contributed by atoms with Gasteiger partial charge in [0.2, 0.25) is 0 Å². The van der Waals surface area contributed by atoms with Gasteiger partial charge in [-0.15, -0.1) is 0 Å². The summed E-state index contributed by atoms with van der Waals surface area (Å²) < 4.78 is 24.5. The van der Waals surface area contributed by atoms with E-state index in [1.54, 1.807) is 43.5 Å². The number of hydrogen-bond donors (Lipinski definition) is 2. The van der Waals surface area contributed by atoms with Gasteiger partial charge in [0.15, 0.2) is 11.5 Å². The number of aryl methyl sites for hydroxylation is 1. The molecule has 6 heteroatoms. The molecule has 2 N–H and O–H groups in total. The average Bonchev–Trinajstić information content (AvgIpc) is 2.72. The first kappa shape index (κ1) is 20.2. The molecule has 0 atom stereocenters. The number of rotatable bonds is 8. The second-order valence-electron chi connectivity index (χ2n) is 6.55. The van der Waals surface area contributed by atoms with E-state index in [9.17, 15) is 14.3 Å². The molecule has 29 heavy (non-hydrogen) atoms. The fourth-order valence-electron chi connectivity index (χ4n) is 2.90. The van der Waals surface area contributed by atoms with Gasteiger partial charge in [0.25, 0.3) is 0 Å². The zero-order chi connectivity index (χ0) is 20.8. The summed E-state index contributed by atoms with van der Waals surface area (Å²) in [5, 5.41) is 12.5. The van der Waals surface area contributed by atoms with E-state index >= 15 is 0 Å². The lowest BCUT2D eigenvalue weighted by Gasteiger charge is -2.17. The third-order valence-electron chi connectivity index (χ3n) is 4.53. The van der Waals surface area contributed by atoms with Crippen molar-refractivity contribution in [1.82, 2.24) is 0 Å². The molecule has 3 aromatic carbocycles. The molecule has 0 aliphatic carbocycles. The minimum Gasteiger partial charge on any atom is -0.493 e. The number of anilines is 1. The predicted octanol–water partition coefficient (Wildman–Crippen LogP) is 5.03. The summed E-state index contributed by atoms with van der Waals surface area (Å²) in [5.41, 5.74) is 3.58. The van der Waals surface area contributed by atoms with E-state index in [0.29, 0.717) is 18.0 Å². The Morgan fingerprint density at radius 1 is 1.10 bits per heavy atom. The number of carbonyl (C=O) groups is 1.